The largest absolute Gasteiger partial charge is 0.464 e. The average Bonchev–Trinajstić information content (AvgIpc) is 3.62. The Labute approximate surface area is 303 Å². The number of hydrogen-bond donors (Lipinski definition) is 3. The lowest BCUT2D eigenvalue weighted by molar-refractivity contribution is -0.329. The number of esters is 1. The van der Waals surface area contributed by atoms with E-state index in [2.05, 4.69) is 16.0 Å². The Kier molecular flexibility index (Phi) is 14.3. The highest BCUT2D eigenvalue weighted by Crippen LogP contribution is 2.41. The lowest BCUT2D eigenvalue weighted by Crippen LogP contribution is -2.54. The van der Waals surface area contributed by atoms with Crippen LogP contribution in [0.1, 0.15) is 63.0 Å². The summed E-state index contributed by atoms with van der Waals surface area (Å²) in [5, 5.41) is 8.24. The molecular weight excluding hydrogens is 678 g/mol. The topological polar surface area (TPSA) is 178 Å². The quantitative estimate of drug-likeness (QED) is 0.129. The third-order valence-corrected chi connectivity index (χ3v) is 8.94. The van der Waals surface area contributed by atoms with Gasteiger partial charge in [-0.25, -0.2) is 14.4 Å². The maximum atomic E-state index is 13.2. The van der Waals surface area contributed by atoms with Crippen LogP contribution in [-0.4, -0.2) is 94.5 Å². The molecule has 0 aromatic heterocycles. The summed E-state index contributed by atoms with van der Waals surface area (Å²) in [4.78, 5) is 51.2. The number of rotatable bonds is 16. The Balaban J connectivity index is 1.21. The number of methoxy groups -OCH3 is 1. The summed E-state index contributed by atoms with van der Waals surface area (Å²) >= 11 is 0. The first-order valence-electron chi connectivity index (χ1n) is 17.8. The van der Waals surface area contributed by atoms with Crippen molar-refractivity contribution in [2.24, 2.45) is 0 Å². The van der Waals surface area contributed by atoms with Crippen molar-refractivity contribution in [2.45, 2.75) is 95.0 Å². The molecule has 52 heavy (non-hydrogen) atoms. The Morgan fingerprint density at radius 3 is 2.60 bits per heavy atom. The number of fused-ring (bicyclic) bond motifs is 1. The summed E-state index contributed by atoms with van der Waals surface area (Å²) in [5.74, 6) is -0.793. The second-order valence-corrected chi connectivity index (χ2v) is 12.9. The highest BCUT2D eigenvalue weighted by molar-refractivity contribution is 5.84. The fourth-order valence-corrected chi connectivity index (χ4v) is 6.57. The lowest BCUT2D eigenvalue weighted by Gasteiger charge is -2.47. The molecule has 5 rings (SSSR count). The number of hydrogen-bond acceptors (Lipinski definition) is 12. The SMILES string of the molecule is CCOC(=O)[C@H](Cc1ccccc1)NC(=O)CC[C@@H]1C[C@@H](OC(=O)NCc2cccc3c2OCO3)C[C@@]2(CCC[C@H](COC(=O)NCCOC)O2)O1. The molecular formula is C37H49N3O12. The molecule has 284 valence electrons. The van der Waals surface area contributed by atoms with Crippen LogP contribution in [0.25, 0.3) is 0 Å². The van der Waals surface area contributed by atoms with E-state index in [-0.39, 0.29) is 58.1 Å². The molecule has 0 saturated carbocycles. The van der Waals surface area contributed by atoms with Crippen LogP contribution in [0.15, 0.2) is 48.5 Å². The van der Waals surface area contributed by atoms with Crippen molar-refractivity contribution >= 4 is 24.1 Å². The van der Waals surface area contributed by atoms with Gasteiger partial charge in [-0.15, -0.1) is 0 Å². The monoisotopic (exact) mass is 727 g/mol. The van der Waals surface area contributed by atoms with Crippen LogP contribution in [-0.2, 0) is 51.0 Å². The molecule has 15 heteroatoms. The molecule has 3 amide bonds. The molecule has 0 aliphatic carbocycles. The van der Waals surface area contributed by atoms with E-state index in [9.17, 15) is 19.2 Å². The van der Waals surface area contributed by atoms with Crippen LogP contribution in [0.4, 0.5) is 9.59 Å². The third kappa shape index (κ3) is 11.5. The maximum Gasteiger partial charge on any atom is 0.407 e. The number of amides is 3. The number of nitrogens with one attached hydrogen (secondary N) is 3. The fourth-order valence-electron chi connectivity index (χ4n) is 6.57. The number of benzene rings is 2. The highest BCUT2D eigenvalue weighted by atomic mass is 16.7. The zero-order chi connectivity index (χ0) is 36.8. The molecule has 0 radical (unpaired) electrons. The number of carbonyl (C=O) groups is 4. The van der Waals surface area contributed by atoms with E-state index in [0.717, 1.165) is 11.1 Å². The molecule has 2 fully saturated rings. The van der Waals surface area contributed by atoms with E-state index in [1.807, 2.05) is 42.5 Å². The van der Waals surface area contributed by atoms with Crippen molar-refractivity contribution in [3.63, 3.8) is 0 Å². The first kappa shape index (κ1) is 38.6. The Bertz CT molecular complexity index is 1490. The first-order valence-corrected chi connectivity index (χ1v) is 17.8. The summed E-state index contributed by atoms with van der Waals surface area (Å²) in [6.45, 7) is 2.85. The van der Waals surface area contributed by atoms with Crippen LogP contribution in [0.2, 0.25) is 0 Å². The molecule has 1 spiro atoms. The first-order chi connectivity index (χ1) is 25.3. The Hall–Kier alpha value is -4.60. The smallest absolute Gasteiger partial charge is 0.407 e. The predicted octanol–water partition coefficient (Wildman–Crippen LogP) is 3.90. The zero-order valence-electron chi connectivity index (χ0n) is 29.7. The van der Waals surface area contributed by atoms with Gasteiger partial charge in [0.15, 0.2) is 17.3 Å². The van der Waals surface area contributed by atoms with E-state index in [1.165, 1.54) is 7.11 Å². The Morgan fingerprint density at radius 2 is 1.79 bits per heavy atom. The van der Waals surface area contributed by atoms with Gasteiger partial charge >= 0.3 is 18.2 Å². The minimum Gasteiger partial charge on any atom is -0.464 e. The number of carbonyl (C=O) groups excluding carboxylic acids is 4. The van der Waals surface area contributed by atoms with Gasteiger partial charge in [-0.05, 0) is 37.8 Å². The summed E-state index contributed by atoms with van der Waals surface area (Å²) < 4.78 is 45.5. The van der Waals surface area contributed by atoms with Gasteiger partial charge in [0.05, 0.1) is 25.4 Å². The molecule has 2 aromatic rings. The highest BCUT2D eigenvalue weighted by Gasteiger charge is 2.47. The summed E-state index contributed by atoms with van der Waals surface area (Å²) in [5.41, 5.74) is 1.63. The van der Waals surface area contributed by atoms with Crippen molar-refractivity contribution in [3.05, 3.63) is 59.7 Å². The minimum absolute atomic E-state index is 0.00680. The summed E-state index contributed by atoms with van der Waals surface area (Å²) in [6, 6.07) is 14.0. The number of ether oxygens (including phenoxy) is 8. The Morgan fingerprint density at radius 1 is 0.962 bits per heavy atom. The second-order valence-electron chi connectivity index (χ2n) is 12.9. The van der Waals surface area contributed by atoms with Crippen molar-refractivity contribution in [2.75, 3.05) is 40.3 Å². The van der Waals surface area contributed by atoms with Gasteiger partial charge in [0.2, 0.25) is 12.7 Å². The van der Waals surface area contributed by atoms with Crippen LogP contribution in [0, 0.1) is 0 Å². The van der Waals surface area contributed by atoms with Crippen molar-refractivity contribution in [3.8, 4) is 11.5 Å². The van der Waals surface area contributed by atoms with Crippen LogP contribution >= 0.6 is 0 Å². The number of alkyl carbamates (subject to hydrolysis) is 2. The molecule has 2 saturated heterocycles. The molecule has 3 N–H and O–H groups in total. The molecule has 15 nitrogen and oxygen atoms in total. The zero-order valence-corrected chi connectivity index (χ0v) is 29.7. The molecule has 3 aliphatic rings. The molecule has 2 aromatic carbocycles. The lowest BCUT2D eigenvalue weighted by atomic mass is 9.90. The van der Waals surface area contributed by atoms with Crippen LogP contribution in [0.3, 0.4) is 0 Å². The maximum absolute atomic E-state index is 13.2. The fraction of sp³-hybridized carbons (Fsp3) is 0.568. The minimum atomic E-state index is -1.13. The van der Waals surface area contributed by atoms with E-state index < -0.39 is 48.3 Å². The molecule has 3 aliphatic heterocycles. The average molecular weight is 728 g/mol. The molecule has 3 heterocycles. The van der Waals surface area contributed by atoms with Crippen LogP contribution < -0.4 is 25.4 Å². The van der Waals surface area contributed by atoms with Gasteiger partial charge in [0.1, 0.15) is 18.8 Å². The van der Waals surface area contributed by atoms with Gasteiger partial charge in [-0.2, -0.15) is 0 Å². The van der Waals surface area contributed by atoms with Crippen LogP contribution in [0.5, 0.6) is 11.5 Å². The van der Waals surface area contributed by atoms with Crippen molar-refractivity contribution < 1.29 is 57.1 Å². The molecule has 0 unspecified atom stereocenters. The standard InChI is InChI=1S/C37H49N3O12/c1-3-46-34(42)30(19-25-9-5-4-6-10-25)40-32(41)15-14-27-20-29(50-36(44)39-22-26-11-7-13-31-33(26)49-24-48-31)21-37(51-27)16-8-12-28(52-37)23-47-35(43)38-17-18-45-2/h4-7,9-11,13,27-30H,3,8,12,14-24H2,1-2H3,(H,38,43)(H,39,44)(H,40,41)/t27-,28-,29-,30+,37+/m1/s1. The van der Waals surface area contributed by atoms with Crippen molar-refractivity contribution in [1.82, 2.24) is 16.0 Å². The van der Waals surface area contributed by atoms with E-state index in [1.54, 1.807) is 13.0 Å². The predicted molar refractivity (Wildman–Crippen MR) is 184 cm³/mol. The normalized spacial score (nSPS) is 22.5. The van der Waals surface area contributed by atoms with E-state index in [0.29, 0.717) is 50.3 Å². The second kappa shape index (κ2) is 19.3. The van der Waals surface area contributed by atoms with Gasteiger partial charge in [0.25, 0.3) is 0 Å². The third-order valence-electron chi connectivity index (χ3n) is 8.94. The summed E-state index contributed by atoms with van der Waals surface area (Å²) in [6.07, 6.45) is 0.244. The van der Waals surface area contributed by atoms with Gasteiger partial charge < -0.3 is 53.8 Å². The van der Waals surface area contributed by atoms with E-state index in [4.69, 9.17) is 37.9 Å². The molecule has 0 bridgehead atoms. The van der Waals surface area contributed by atoms with Gasteiger partial charge in [-0.3, -0.25) is 4.79 Å². The number of para-hydroxylation sites is 1. The molecule has 5 atom stereocenters. The van der Waals surface area contributed by atoms with Gasteiger partial charge in [0, 0.05) is 57.9 Å². The van der Waals surface area contributed by atoms with Crippen molar-refractivity contribution in [1.29, 1.82) is 0 Å². The van der Waals surface area contributed by atoms with E-state index >= 15 is 0 Å². The van der Waals surface area contributed by atoms with Gasteiger partial charge in [-0.1, -0.05) is 42.5 Å². The summed E-state index contributed by atoms with van der Waals surface area (Å²) in [7, 11) is 1.54.